The van der Waals surface area contributed by atoms with Crippen LogP contribution >= 0.6 is 0 Å². The predicted octanol–water partition coefficient (Wildman–Crippen LogP) is 3.93. The van der Waals surface area contributed by atoms with E-state index in [0.29, 0.717) is 17.9 Å². The summed E-state index contributed by atoms with van der Waals surface area (Å²) in [4.78, 5) is 15.1. The predicted molar refractivity (Wildman–Crippen MR) is 88.0 cm³/mol. The number of hydrogen-bond acceptors (Lipinski definition) is 2. The standard InChI is InChI=1S/C18H34N2O/c1-5-8-14-9-11-15(12-10-14)20-16(7-3)19-17(18(20)21)13(4)6-2/h13-17,19H,5-12H2,1-4H3. The molecule has 3 nitrogen and oxygen atoms in total. The first-order valence-electron chi connectivity index (χ1n) is 9.20. The molecule has 0 spiro atoms. The molecule has 3 atom stereocenters. The first-order chi connectivity index (χ1) is 10.1. The summed E-state index contributed by atoms with van der Waals surface area (Å²) in [5, 5.41) is 3.60. The van der Waals surface area contributed by atoms with Crippen molar-refractivity contribution in [1.29, 1.82) is 0 Å². The number of hydrogen-bond donors (Lipinski definition) is 1. The topological polar surface area (TPSA) is 32.3 Å². The van der Waals surface area contributed by atoms with Gasteiger partial charge in [0.05, 0.1) is 12.2 Å². The van der Waals surface area contributed by atoms with Crippen LogP contribution in [0.4, 0.5) is 0 Å². The van der Waals surface area contributed by atoms with Crippen molar-refractivity contribution in [3.8, 4) is 0 Å². The zero-order valence-electron chi connectivity index (χ0n) is 14.4. The molecule has 1 aliphatic heterocycles. The van der Waals surface area contributed by atoms with E-state index in [1.165, 1.54) is 38.5 Å². The van der Waals surface area contributed by atoms with Crippen LogP contribution in [0.1, 0.15) is 79.1 Å². The van der Waals surface area contributed by atoms with Crippen LogP contribution in [-0.4, -0.2) is 29.1 Å². The summed E-state index contributed by atoms with van der Waals surface area (Å²) in [5.74, 6) is 1.71. The monoisotopic (exact) mass is 294 g/mol. The maximum atomic E-state index is 12.8. The van der Waals surface area contributed by atoms with E-state index in [0.717, 1.165) is 18.8 Å². The maximum absolute atomic E-state index is 12.8. The molecule has 0 aromatic rings. The van der Waals surface area contributed by atoms with Crippen molar-refractivity contribution < 1.29 is 4.79 Å². The van der Waals surface area contributed by atoms with Gasteiger partial charge in [0.15, 0.2) is 0 Å². The van der Waals surface area contributed by atoms with Gasteiger partial charge in [-0.25, -0.2) is 0 Å². The molecule has 1 saturated heterocycles. The lowest BCUT2D eigenvalue weighted by molar-refractivity contribution is -0.134. The summed E-state index contributed by atoms with van der Waals surface area (Å²) in [5.41, 5.74) is 0. The molecule has 0 bridgehead atoms. The van der Waals surface area contributed by atoms with Crippen LogP contribution in [0.15, 0.2) is 0 Å². The van der Waals surface area contributed by atoms with Crippen LogP contribution in [0.2, 0.25) is 0 Å². The molecule has 1 heterocycles. The van der Waals surface area contributed by atoms with Crippen molar-refractivity contribution in [3.05, 3.63) is 0 Å². The summed E-state index contributed by atoms with van der Waals surface area (Å²) in [6.07, 6.45) is 10.1. The van der Waals surface area contributed by atoms with Gasteiger partial charge in [-0.3, -0.25) is 10.1 Å². The average Bonchev–Trinajstić information content (AvgIpc) is 2.84. The summed E-state index contributed by atoms with van der Waals surface area (Å²) in [6.45, 7) is 8.85. The van der Waals surface area contributed by atoms with Gasteiger partial charge in [-0.1, -0.05) is 47.0 Å². The molecule has 122 valence electrons. The van der Waals surface area contributed by atoms with Crippen LogP contribution in [0.5, 0.6) is 0 Å². The van der Waals surface area contributed by atoms with Crippen LogP contribution in [-0.2, 0) is 4.79 Å². The number of nitrogens with one attached hydrogen (secondary N) is 1. The number of amides is 1. The molecule has 2 aliphatic rings. The first-order valence-corrected chi connectivity index (χ1v) is 9.20. The molecule has 3 unspecified atom stereocenters. The van der Waals surface area contributed by atoms with Gasteiger partial charge in [0.25, 0.3) is 0 Å². The van der Waals surface area contributed by atoms with Crippen molar-refractivity contribution in [2.45, 2.75) is 97.3 Å². The lowest BCUT2D eigenvalue weighted by atomic mass is 9.82. The highest BCUT2D eigenvalue weighted by Crippen LogP contribution is 2.34. The number of rotatable bonds is 6. The normalized spacial score (nSPS) is 35.2. The van der Waals surface area contributed by atoms with E-state index >= 15 is 0 Å². The highest BCUT2D eigenvalue weighted by molar-refractivity contribution is 5.85. The molecule has 21 heavy (non-hydrogen) atoms. The second-order valence-corrected chi connectivity index (χ2v) is 7.16. The summed E-state index contributed by atoms with van der Waals surface area (Å²) < 4.78 is 0. The van der Waals surface area contributed by atoms with Crippen LogP contribution in [0.25, 0.3) is 0 Å². The Morgan fingerprint density at radius 3 is 2.38 bits per heavy atom. The van der Waals surface area contributed by atoms with E-state index in [1.54, 1.807) is 0 Å². The van der Waals surface area contributed by atoms with Crippen LogP contribution in [0.3, 0.4) is 0 Å². The fourth-order valence-electron chi connectivity index (χ4n) is 4.19. The van der Waals surface area contributed by atoms with Crippen molar-refractivity contribution >= 4 is 5.91 Å². The van der Waals surface area contributed by atoms with Gasteiger partial charge in [0.2, 0.25) is 5.91 Å². The molecule has 1 aliphatic carbocycles. The minimum absolute atomic E-state index is 0.0494. The third kappa shape index (κ3) is 3.61. The molecule has 1 saturated carbocycles. The van der Waals surface area contributed by atoms with Gasteiger partial charge in [0, 0.05) is 6.04 Å². The third-order valence-electron chi connectivity index (χ3n) is 5.73. The zero-order chi connectivity index (χ0) is 15.4. The molecule has 3 heteroatoms. The molecule has 1 N–H and O–H groups in total. The van der Waals surface area contributed by atoms with E-state index in [1.807, 2.05) is 0 Å². The lowest BCUT2D eigenvalue weighted by Crippen LogP contribution is -2.46. The molecule has 2 rings (SSSR count). The Balaban J connectivity index is 1.99. The maximum Gasteiger partial charge on any atom is 0.241 e. The number of carbonyl (C=O) groups is 1. The summed E-state index contributed by atoms with van der Waals surface area (Å²) >= 11 is 0. The van der Waals surface area contributed by atoms with Gasteiger partial charge < -0.3 is 4.90 Å². The van der Waals surface area contributed by atoms with Crippen molar-refractivity contribution in [2.24, 2.45) is 11.8 Å². The number of nitrogens with zero attached hydrogens (tertiary/aromatic N) is 1. The Labute approximate surface area is 130 Å². The zero-order valence-corrected chi connectivity index (χ0v) is 14.4. The second-order valence-electron chi connectivity index (χ2n) is 7.16. The molecular weight excluding hydrogens is 260 g/mol. The first kappa shape index (κ1) is 16.8. The van der Waals surface area contributed by atoms with E-state index in [-0.39, 0.29) is 12.2 Å². The molecule has 2 fully saturated rings. The Hall–Kier alpha value is -0.570. The van der Waals surface area contributed by atoms with E-state index in [9.17, 15) is 4.79 Å². The number of carbonyl (C=O) groups excluding carboxylic acids is 1. The Kier molecular flexibility index (Phi) is 6.09. The summed E-state index contributed by atoms with van der Waals surface area (Å²) in [6, 6.07) is 0.533. The van der Waals surface area contributed by atoms with Crippen LogP contribution < -0.4 is 5.32 Å². The molecule has 0 aromatic heterocycles. The lowest BCUT2D eigenvalue weighted by Gasteiger charge is -2.37. The molecular formula is C18H34N2O. The smallest absolute Gasteiger partial charge is 0.241 e. The van der Waals surface area contributed by atoms with E-state index < -0.39 is 0 Å². The van der Waals surface area contributed by atoms with Crippen LogP contribution in [0, 0.1) is 11.8 Å². The fraction of sp³-hybridized carbons (Fsp3) is 0.944. The second kappa shape index (κ2) is 7.62. The highest BCUT2D eigenvalue weighted by atomic mass is 16.2. The SMILES string of the molecule is CCCC1CCC(N2C(=O)C(C(C)CC)NC2CC)CC1. The van der Waals surface area contributed by atoms with Crippen molar-refractivity contribution in [3.63, 3.8) is 0 Å². The quantitative estimate of drug-likeness (QED) is 0.805. The van der Waals surface area contributed by atoms with E-state index in [4.69, 9.17) is 0 Å². The van der Waals surface area contributed by atoms with Crippen molar-refractivity contribution in [1.82, 2.24) is 10.2 Å². The van der Waals surface area contributed by atoms with E-state index in [2.05, 4.69) is 37.9 Å². The largest absolute Gasteiger partial charge is 0.323 e. The minimum Gasteiger partial charge on any atom is -0.323 e. The highest BCUT2D eigenvalue weighted by Gasteiger charge is 2.43. The summed E-state index contributed by atoms with van der Waals surface area (Å²) in [7, 11) is 0. The molecule has 0 aromatic carbocycles. The molecule has 0 radical (unpaired) electrons. The van der Waals surface area contributed by atoms with Crippen molar-refractivity contribution in [2.75, 3.05) is 0 Å². The van der Waals surface area contributed by atoms with Gasteiger partial charge in [-0.05, 0) is 43.9 Å². The Morgan fingerprint density at radius 1 is 1.19 bits per heavy atom. The fourth-order valence-corrected chi connectivity index (χ4v) is 4.19. The van der Waals surface area contributed by atoms with Gasteiger partial charge >= 0.3 is 0 Å². The Bertz CT molecular complexity index is 336. The average molecular weight is 294 g/mol. The van der Waals surface area contributed by atoms with Gasteiger partial charge in [-0.2, -0.15) is 0 Å². The Morgan fingerprint density at radius 2 is 1.86 bits per heavy atom. The molecule has 1 amide bonds. The minimum atomic E-state index is 0.0494. The van der Waals surface area contributed by atoms with Gasteiger partial charge in [-0.15, -0.1) is 0 Å². The van der Waals surface area contributed by atoms with Gasteiger partial charge in [0.1, 0.15) is 0 Å². The third-order valence-corrected chi connectivity index (χ3v) is 5.73.